The molecule has 2 unspecified atom stereocenters. The predicted octanol–water partition coefficient (Wildman–Crippen LogP) is 1.73. The van der Waals surface area contributed by atoms with E-state index in [1.807, 2.05) is 0 Å². The standard InChI is InChI=1S/C14H26N2O2.ClH/c1-10(2)13-9-12(5-8-18-13)16-14(17)11-3-6-15-7-4-11;/h10-13,15H,3-9H2,1-2H3,(H,16,17);1H. The van der Waals surface area contributed by atoms with Gasteiger partial charge in [0.05, 0.1) is 6.10 Å². The van der Waals surface area contributed by atoms with Crippen LogP contribution in [0, 0.1) is 11.8 Å². The first kappa shape index (κ1) is 16.7. The van der Waals surface area contributed by atoms with Crippen molar-refractivity contribution in [2.45, 2.75) is 51.7 Å². The van der Waals surface area contributed by atoms with Crippen LogP contribution < -0.4 is 10.6 Å². The van der Waals surface area contributed by atoms with E-state index in [0.717, 1.165) is 45.4 Å². The van der Waals surface area contributed by atoms with Crippen LogP contribution in [0.15, 0.2) is 0 Å². The van der Waals surface area contributed by atoms with Crippen molar-refractivity contribution >= 4 is 18.3 Å². The molecule has 0 radical (unpaired) electrons. The Balaban J connectivity index is 0.00000180. The summed E-state index contributed by atoms with van der Waals surface area (Å²) < 4.78 is 5.74. The van der Waals surface area contributed by atoms with Gasteiger partial charge in [0, 0.05) is 18.6 Å². The van der Waals surface area contributed by atoms with E-state index >= 15 is 0 Å². The first-order valence-corrected chi connectivity index (χ1v) is 7.29. The van der Waals surface area contributed by atoms with Crippen LogP contribution >= 0.6 is 12.4 Å². The van der Waals surface area contributed by atoms with E-state index < -0.39 is 0 Å². The number of rotatable bonds is 3. The van der Waals surface area contributed by atoms with Gasteiger partial charge in [-0.3, -0.25) is 4.79 Å². The summed E-state index contributed by atoms with van der Waals surface area (Å²) in [7, 11) is 0. The Morgan fingerprint density at radius 1 is 1.26 bits per heavy atom. The van der Waals surface area contributed by atoms with E-state index in [4.69, 9.17) is 4.74 Å². The third-order valence-electron chi connectivity index (χ3n) is 4.11. The SMILES string of the molecule is CC(C)C1CC(NC(=O)C2CCNCC2)CCO1.Cl. The molecular formula is C14H27ClN2O2. The highest BCUT2D eigenvalue weighted by Gasteiger charge is 2.28. The Bertz CT molecular complexity index is 281. The third-order valence-corrected chi connectivity index (χ3v) is 4.11. The van der Waals surface area contributed by atoms with Crippen molar-refractivity contribution in [3.8, 4) is 0 Å². The topological polar surface area (TPSA) is 50.4 Å². The number of carbonyl (C=O) groups excluding carboxylic acids is 1. The lowest BCUT2D eigenvalue weighted by atomic mass is 9.93. The number of piperidine rings is 1. The highest BCUT2D eigenvalue weighted by atomic mass is 35.5. The molecule has 1 amide bonds. The Labute approximate surface area is 122 Å². The van der Waals surface area contributed by atoms with Gasteiger partial charge in [-0.15, -0.1) is 12.4 Å². The minimum atomic E-state index is 0. The van der Waals surface area contributed by atoms with Gasteiger partial charge in [-0.05, 0) is 44.7 Å². The molecule has 0 aromatic heterocycles. The maximum Gasteiger partial charge on any atom is 0.223 e. The molecule has 2 aliphatic heterocycles. The van der Waals surface area contributed by atoms with Crippen LogP contribution in [-0.2, 0) is 9.53 Å². The van der Waals surface area contributed by atoms with Crippen molar-refractivity contribution in [2.24, 2.45) is 11.8 Å². The van der Waals surface area contributed by atoms with Crippen molar-refractivity contribution in [3.05, 3.63) is 0 Å². The van der Waals surface area contributed by atoms with E-state index in [0.29, 0.717) is 18.1 Å². The Hall–Kier alpha value is -0.320. The molecule has 0 aromatic carbocycles. The zero-order chi connectivity index (χ0) is 13.0. The average molecular weight is 291 g/mol. The van der Waals surface area contributed by atoms with Gasteiger partial charge in [-0.2, -0.15) is 0 Å². The summed E-state index contributed by atoms with van der Waals surface area (Å²) in [5.41, 5.74) is 0. The molecule has 2 N–H and O–H groups in total. The lowest BCUT2D eigenvalue weighted by Crippen LogP contribution is -2.47. The average Bonchev–Trinajstić information content (AvgIpc) is 2.40. The Kier molecular flexibility index (Phi) is 7.11. The maximum absolute atomic E-state index is 12.2. The first-order valence-electron chi connectivity index (χ1n) is 7.29. The zero-order valence-corrected chi connectivity index (χ0v) is 12.8. The molecule has 0 aromatic rings. The number of amides is 1. The summed E-state index contributed by atoms with van der Waals surface area (Å²) in [5, 5.41) is 6.52. The van der Waals surface area contributed by atoms with Crippen molar-refractivity contribution in [3.63, 3.8) is 0 Å². The number of halogens is 1. The Morgan fingerprint density at radius 3 is 2.58 bits per heavy atom. The van der Waals surface area contributed by atoms with Crippen LogP contribution in [0.2, 0.25) is 0 Å². The molecule has 5 heteroatoms. The maximum atomic E-state index is 12.2. The van der Waals surface area contributed by atoms with Gasteiger partial charge in [-0.1, -0.05) is 13.8 Å². The van der Waals surface area contributed by atoms with Crippen molar-refractivity contribution < 1.29 is 9.53 Å². The molecule has 19 heavy (non-hydrogen) atoms. The molecular weight excluding hydrogens is 264 g/mol. The lowest BCUT2D eigenvalue weighted by Gasteiger charge is -2.33. The molecule has 4 nitrogen and oxygen atoms in total. The number of ether oxygens (including phenoxy) is 1. The van der Waals surface area contributed by atoms with Crippen molar-refractivity contribution in [1.29, 1.82) is 0 Å². The molecule has 0 saturated carbocycles. The number of carbonyl (C=O) groups is 1. The van der Waals surface area contributed by atoms with E-state index in [1.54, 1.807) is 0 Å². The van der Waals surface area contributed by atoms with Gasteiger partial charge in [0.25, 0.3) is 0 Å². The second-order valence-corrected chi connectivity index (χ2v) is 5.91. The normalized spacial score (nSPS) is 28.8. The summed E-state index contributed by atoms with van der Waals surface area (Å²) >= 11 is 0. The quantitative estimate of drug-likeness (QED) is 0.832. The number of hydrogen-bond donors (Lipinski definition) is 2. The summed E-state index contributed by atoms with van der Waals surface area (Å²) in [4.78, 5) is 12.2. The van der Waals surface area contributed by atoms with Crippen LogP contribution in [-0.4, -0.2) is 37.7 Å². The van der Waals surface area contributed by atoms with E-state index in [9.17, 15) is 4.79 Å². The smallest absolute Gasteiger partial charge is 0.223 e. The molecule has 112 valence electrons. The minimum absolute atomic E-state index is 0. The molecule has 2 rings (SSSR count). The van der Waals surface area contributed by atoms with Crippen LogP contribution in [0.1, 0.15) is 39.5 Å². The summed E-state index contributed by atoms with van der Waals surface area (Å²) in [5.74, 6) is 1.00. The largest absolute Gasteiger partial charge is 0.378 e. The molecule has 2 aliphatic rings. The first-order chi connectivity index (χ1) is 8.66. The number of nitrogens with one attached hydrogen (secondary N) is 2. The second-order valence-electron chi connectivity index (χ2n) is 5.91. The summed E-state index contributed by atoms with van der Waals surface area (Å²) in [6, 6.07) is 0.313. The highest BCUT2D eigenvalue weighted by Crippen LogP contribution is 2.21. The molecule has 2 fully saturated rings. The van der Waals surface area contributed by atoms with Gasteiger partial charge >= 0.3 is 0 Å². The van der Waals surface area contributed by atoms with Crippen molar-refractivity contribution in [2.75, 3.05) is 19.7 Å². The van der Waals surface area contributed by atoms with Crippen molar-refractivity contribution in [1.82, 2.24) is 10.6 Å². The molecule has 0 bridgehead atoms. The summed E-state index contributed by atoms with van der Waals surface area (Å²) in [6.45, 7) is 7.09. The predicted molar refractivity (Wildman–Crippen MR) is 78.6 cm³/mol. The van der Waals surface area contributed by atoms with Gasteiger partial charge in [0.1, 0.15) is 0 Å². The van der Waals surface area contributed by atoms with Gasteiger partial charge < -0.3 is 15.4 Å². The summed E-state index contributed by atoms with van der Waals surface area (Å²) in [6.07, 6.45) is 4.18. The second kappa shape index (κ2) is 8.08. The van der Waals surface area contributed by atoms with Gasteiger partial charge in [0.15, 0.2) is 0 Å². The third kappa shape index (κ3) is 4.93. The Morgan fingerprint density at radius 2 is 1.95 bits per heavy atom. The monoisotopic (exact) mass is 290 g/mol. The molecule has 2 saturated heterocycles. The fourth-order valence-electron chi connectivity index (χ4n) is 2.83. The molecule has 0 aliphatic carbocycles. The van der Waals surface area contributed by atoms with Crippen LogP contribution in [0.3, 0.4) is 0 Å². The highest BCUT2D eigenvalue weighted by molar-refractivity contribution is 5.85. The molecule has 2 heterocycles. The minimum Gasteiger partial charge on any atom is -0.378 e. The van der Waals surface area contributed by atoms with Crippen LogP contribution in [0.4, 0.5) is 0 Å². The van der Waals surface area contributed by atoms with Gasteiger partial charge in [-0.25, -0.2) is 0 Å². The zero-order valence-electron chi connectivity index (χ0n) is 12.0. The van der Waals surface area contributed by atoms with Crippen LogP contribution in [0.5, 0.6) is 0 Å². The molecule has 2 atom stereocenters. The van der Waals surface area contributed by atoms with E-state index in [2.05, 4.69) is 24.5 Å². The van der Waals surface area contributed by atoms with E-state index in [-0.39, 0.29) is 24.2 Å². The van der Waals surface area contributed by atoms with E-state index in [1.165, 1.54) is 0 Å². The van der Waals surface area contributed by atoms with Gasteiger partial charge in [0.2, 0.25) is 5.91 Å². The van der Waals surface area contributed by atoms with Crippen LogP contribution in [0.25, 0.3) is 0 Å². The fraction of sp³-hybridized carbons (Fsp3) is 0.929. The fourth-order valence-corrected chi connectivity index (χ4v) is 2.83. The molecule has 0 spiro atoms. The number of hydrogen-bond acceptors (Lipinski definition) is 3. The lowest BCUT2D eigenvalue weighted by molar-refractivity contribution is -0.127.